The fraction of sp³-hybridized carbons (Fsp3) is 0.480. The lowest BCUT2D eigenvalue weighted by molar-refractivity contribution is -0.133. The van der Waals surface area contributed by atoms with Gasteiger partial charge < -0.3 is 9.64 Å². The number of methoxy groups -OCH3 is 1. The molecule has 1 saturated heterocycles. The molecule has 1 aliphatic heterocycles. The highest BCUT2D eigenvalue weighted by atomic mass is 32.2. The van der Waals surface area contributed by atoms with Crippen LogP contribution >= 0.6 is 0 Å². The number of carbonyl (C=O) groups is 1. The van der Waals surface area contributed by atoms with E-state index in [0.29, 0.717) is 26.2 Å². The number of benzene rings is 2. The fourth-order valence-corrected chi connectivity index (χ4v) is 6.31. The summed E-state index contributed by atoms with van der Waals surface area (Å²) >= 11 is 0. The highest BCUT2D eigenvalue weighted by Gasteiger charge is 2.52. The normalized spacial score (nSPS) is 16.7. The van der Waals surface area contributed by atoms with Crippen molar-refractivity contribution in [1.29, 1.82) is 0 Å². The fourth-order valence-electron chi connectivity index (χ4n) is 4.36. The first-order valence-corrected chi connectivity index (χ1v) is 13.0. The molecule has 2 aromatic carbocycles. The second-order valence-electron chi connectivity index (χ2n) is 9.06. The van der Waals surface area contributed by atoms with Gasteiger partial charge in [-0.25, -0.2) is 22.7 Å². The summed E-state index contributed by atoms with van der Waals surface area (Å²) in [7, 11) is -2.52. The van der Waals surface area contributed by atoms with E-state index < -0.39 is 26.4 Å². The standard InChI is InChI=1S/C25H32F2N2O5S/c1-24(26,27)12-11-19-3-5-20(6-4-19)21-7-9-22(10-8-21)35(32,33)25(23(30)28-31)13-15-29(16-14-25)17-18-34-2/h3-10,31H,11-18H2,1-2H3,(H,28,30). The van der Waals surface area contributed by atoms with Crippen molar-refractivity contribution in [2.45, 2.75) is 48.2 Å². The number of alkyl halides is 2. The number of amides is 1. The van der Waals surface area contributed by atoms with Crippen molar-refractivity contribution >= 4 is 15.7 Å². The third kappa shape index (κ3) is 6.24. The van der Waals surface area contributed by atoms with Crippen LogP contribution in [-0.4, -0.2) is 68.5 Å². The van der Waals surface area contributed by atoms with Crippen molar-refractivity contribution in [3.63, 3.8) is 0 Å². The summed E-state index contributed by atoms with van der Waals surface area (Å²) in [4.78, 5) is 14.7. The molecule has 192 valence electrons. The molecule has 1 amide bonds. The number of nitrogens with one attached hydrogen (secondary N) is 1. The van der Waals surface area contributed by atoms with Crippen molar-refractivity contribution < 1.29 is 31.9 Å². The highest BCUT2D eigenvalue weighted by Crippen LogP contribution is 2.36. The van der Waals surface area contributed by atoms with E-state index in [4.69, 9.17) is 4.74 Å². The van der Waals surface area contributed by atoms with E-state index in [2.05, 4.69) is 0 Å². The Morgan fingerprint density at radius 3 is 2.11 bits per heavy atom. The molecule has 7 nitrogen and oxygen atoms in total. The van der Waals surface area contributed by atoms with Crippen LogP contribution in [0.5, 0.6) is 0 Å². The molecule has 1 heterocycles. The number of hydrogen-bond donors (Lipinski definition) is 2. The van der Waals surface area contributed by atoms with Crippen LogP contribution in [0.4, 0.5) is 8.78 Å². The van der Waals surface area contributed by atoms with E-state index in [1.54, 1.807) is 36.9 Å². The number of hydroxylamine groups is 1. The molecule has 0 aliphatic carbocycles. The third-order valence-electron chi connectivity index (χ3n) is 6.61. The number of sulfone groups is 1. The average Bonchev–Trinajstić information content (AvgIpc) is 2.86. The molecule has 0 aromatic heterocycles. The van der Waals surface area contributed by atoms with Crippen molar-refractivity contribution in [2.75, 3.05) is 33.4 Å². The summed E-state index contributed by atoms with van der Waals surface area (Å²) < 4.78 is 56.7. The smallest absolute Gasteiger partial charge is 0.265 e. The largest absolute Gasteiger partial charge is 0.383 e. The molecule has 10 heteroatoms. The Morgan fingerprint density at radius 1 is 1.09 bits per heavy atom. The molecule has 2 aromatic rings. The molecular formula is C25H32F2N2O5S. The number of aryl methyl sites for hydroxylation is 1. The van der Waals surface area contributed by atoms with Gasteiger partial charge in [0.1, 0.15) is 0 Å². The molecule has 3 rings (SSSR count). The average molecular weight is 511 g/mol. The molecule has 0 radical (unpaired) electrons. The quantitative estimate of drug-likeness (QED) is 0.374. The monoisotopic (exact) mass is 510 g/mol. The topological polar surface area (TPSA) is 95.9 Å². The second kappa shape index (κ2) is 11.1. The molecule has 0 bridgehead atoms. The minimum absolute atomic E-state index is 0.00279. The lowest BCUT2D eigenvalue weighted by Crippen LogP contribution is -2.58. The summed E-state index contributed by atoms with van der Waals surface area (Å²) in [6.07, 6.45) is 0.127. The van der Waals surface area contributed by atoms with Crippen molar-refractivity contribution in [1.82, 2.24) is 10.4 Å². The van der Waals surface area contributed by atoms with Gasteiger partial charge in [0.25, 0.3) is 5.91 Å². The van der Waals surface area contributed by atoms with Gasteiger partial charge in [0, 0.05) is 33.2 Å². The van der Waals surface area contributed by atoms with Crippen molar-refractivity contribution in [3.05, 3.63) is 54.1 Å². The zero-order chi connectivity index (χ0) is 25.7. The molecule has 1 fully saturated rings. The Kier molecular flexibility index (Phi) is 8.63. The van der Waals surface area contributed by atoms with Crippen LogP contribution in [0.15, 0.2) is 53.4 Å². The number of carbonyl (C=O) groups excluding carboxylic acids is 1. The molecule has 0 spiro atoms. The van der Waals surface area contributed by atoms with Crippen LogP contribution in [0.1, 0.15) is 31.7 Å². The van der Waals surface area contributed by atoms with E-state index in [1.807, 2.05) is 17.0 Å². The predicted octanol–water partition coefficient (Wildman–Crippen LogP) is 3.70. The van der Waals surface area contributed by atoms with Crippen LogP contribution in [0.2, 0.25) is 0 Å². The van der Waals surface area contributed by atoms with Crippen molar-refractivity contribution in [2.24, 2.45) is 0 Å². The minimum atomic E-state index is -4.11. The van der Waals surface area contributed by atoms with Crippen LogP contribution in [0, 0.1) is 0 Å². The number of rotatable bonds is 10. The van der Waals surface area contributed by atoms with Gasteiger partial charge >= 0.3 is 0 Å². The maximum absolute atomic E-state index is 13.6. The van der Waals surface area contributed by atoms with Gasteiger partial charge in [-0.1, -0.05) is 36.4 Å². The summed E-state index contributed by atoms with van der Waals surface area (Å²) in [5.74, 6) is -3.65. The lowest BCUT2D eigenvalue weighted by atomic mass is 9.95. The first kappa shape index (κ1) is 27.2. The number of nitrogens with zero attached hydrogens (tertiary/aromatic N) is 1. The molecule has 2 N–H and O–H groups in total. The van der Waals surface area contributed by atoms with Gasteiger partial charge in [0.2, 0.25) is 5.92 Å². The van der Waals surface area contributed by atoms with Gasteiger partial charge in [-0.05, 0) is 55.0 Å². The van der Waals surface area contributed by atoms with E-state index >= 15 is 0 Å². The highest BCUT2D eigenvalue weighted by molar-refractivity contribution is 7.93. The maximum atomic E-state index is 13.6. The Labute approximate surface area is 205 Å². The van der Waals surface area contributed by atoms with Gasteiger partial charge in [0.15, 0.2) is 14.6 Å². The molecule has 35 heavy (non-hydrogen) atoms. The second-order valence-corrected chi connectivity index (χ2v) is 11.3. The zero-order valence-electron chi connectivity index (χ0n) is 20.0. The van der Waals surface area contributed by atoms with E-state index in [-0.39, 0.29) is 30.6 Å². The zero-order valence-corrected chi connectivity index (χ0v) is 20.8. The number of piperidine rings is 1. The van der Waals surface area contributed by atoms with E-state index in [1.165, 1.54) is 12.1 Å². The minimum Gasteiger partial charge on any atom is -0.383 e. The Morgan fingerprint density at radius 2 is 1.63 bits per heavy atom. The molecule has 0 unspecified atom stereocenters. The lowest BCUT2D eigenvalue weighted by Gasteiger charge is -2.39. The number of ether oxygens (including phenoxy) is 1. The van der Waals surface area contributed by atoms with Crippen LogP contribution in [-0.2, 0) is 25.8 Å². The summed E-state index contributed by atoms with van der Waals surface area (Å²) in [6, 6.07) is 13.4. The molecule has 0 saturated carbocycles. The van der Waals surface area contributed by atoms with Crippen LogP contribution < -0.4 is 5.48 Å². The van der Waals surface area contributed by atoms with Crippen LogP contribution in [0.25, 0.3) is 11.1 Å². The Hall–Kier alpha value is -2.40. The number of hydrogen-bond acceptors (Lipinski definition) is 6. The van der Waals surface area contributed by atoms with Gasteiger partial charge in [-0.3, -0.25) is 10.0 Å². The van der Waals surface area contributed by atoms with Gasteiger partial charge in [-0.2, -0.15) is 0 Å². The summed E-state index contributed by atoms with van der Waals surface area (Å²) in [5.41, 5.74) is 3.93. The van der Waals surface area contributed by atoms with Gasteiger partial charge in [-0.15, -0.1) is 0 Å². The van der Waals surface area contributed by atoms with E-state index in [0.717, 1.165) is 23.6 Å². The predicted molar refractivity (Wildman–Crippen MR) is 128 cm³/mol. The molecular weight excluding hydrogens is 478 g/mol. The van der Waals surface area contributed by atoms with Crippen LogP contribution in [0.3, 0.4) is 0 Å². The molecule has 1 aliphatic rings. The Balaban J connectivity index is 1.79. The summed E-state index contributed by atoms with van der Waals surface area (Å²) in [6.45, 7) is 2.78. The molecule has 0 atom stereocenters. The number of likely N-dealkylation sites (tertiary alicyclic amines) is 1. The van der Waals surface area contributed by atoms with E-state index in [9.17, 15) is 27.2 Å². The SMILES string of the molecule is COCCN1CCC(C(=O)NO)(S(=O)(=O)c2ccc(-c3ccc(CCC(C)(F)F)cc3)cc2)CC1. The van der Waals surface area contributed by atoms with Gasteiger partial charge in [0.05, 0.1) is 11.5 Å². The third-order valence-corrected chi connectivity index (χ3v) is 9.12. The first-order valence-electron chi connectivity index (χ1n) is 11.5. The summed E-state index contributed by atoms with van der Waals surface area (Å²) in [5, 5.41) is 9.33. The Bertz CT molecular complexity index is 1090. The maximum Gasteiger partial charge on any atom is 0.265 e. The number of halogens is 2. The first-order chi connectivity index (χ1) is 16.5. The van der Waals surface area contributed by atoms with Crippen molar-refractivity contribution in [3.8, 4) is 11.1 Å².